The molecule has 0 amide bonds. The second-order valence-electron chi connectivity index (χ2n) is 1.51. The minimum absolute atomic E-state index is 0.201. The standard InChI is InChI=1S/C6H11O2/c1-2-3-4-6(8)5-7/h2,4,6-8H,1,3,5H2. The number of rotatable bonds is 4. The Balaban J connectivity index is 2.97. The van der Waals surface area contributed by atoms with Gasteiger partial charge in [-0.05, 0) is 12.8 Å². The highest BCUT2D eigenvalue weighted by Crippen LogP contribution is 1.92. The molecule has 1 radical (unpaired) electrons. The Hall–Kier alpha value is -0.340. The zero-order valence-electron chi connectivity index (χ0n) is 4.75. The van der Waals surface area contributed by atoms with E-state index >= 15 is 0 Å². The molecule has 0 spiro atoms. The lowest BCUT2D eigenvalue weighted by Gasteiger charge is -2.01. The second kappa shape index (κ2) is 4.81. The van der Waals surface area contributed by atoms with Crippen molar-refractivity contribution < 1.29 is 10.2 Å². The molecule has 1 atom stereocenters. The molecule has 0 aliphatic heterocycles. The van der Waals surface area contributed by atoms with E-state index in [0.29, 0.717) is 6.42 Å². The molecule has 0 rings (SSSR count). The number of hydrogen-bond acceptors (Lipinski definition) is 2. The molecule has 0 fully saturated rings. The van der Waals surface area contributed by atoms with Crippen molar-refractivity contribution in [3.8, 4) is 0 Å². The summed E-state index contributed by atoms with van der Waals surface area (Å²) >= 11 is 0. The van der Waals surface area contributed by atoms with Crippen LogP contribution in [0.1, 0.15) is 6.42 Å². The molecule has 0 aromatic rings. The van der Waals surface area contributed by atoms with Crippen molar-refractivity contribution in [2.75, 3.05) is 6.61 Å². The van der Waals surface area contributed by atoms with Crippen molar-refractivity contribution in [3.05, 3.63) is 19.1 Å². The molecule has 0 saturated carbocycles. The van der Waals surface area contributed by atoms with E-state index < -0.39 is 6.10 Å². The van der Waals surface area contributed by atoms with E-state index in [0.717, 1.165) is 0 Å². The Bertz CT molecular complexity index is 61.5. The van der Waals surface area contributed by atoms with E-state index in [9.17, 15) is 0 Å². The van der Waals surface area contributed by atoms with Gasteiger partial charge in [0, 0.05) is 0 Å². The van der Waals surface area contributed by atoms with Gasteiger partial charge in [-0.2, -0.15) is 0 Å². The molecule has 0 aromatic carbocycles. The van der Waals surface area contributed by atoms with Crippen molar-refractivity contribution in [3.63, 3.8) is 0 Å². The Morgan fingerprint density at radius 2 is 2.25 bits per heavy atom. The van der Waals surface area contributed by atoms with Crippen molar-refractivity contribution in [1.82, 2.24) is 0 Å². The maximum atomic E-state index is 8.64. The average Bonchev–Trinajstić information content (AvgIpc) is 1.83. The second-order valence-corrected chi connectivity index (χ2v) is 1.51. The lowest BCUT2D eigenvalue weighted by molar-refractivity contribution is 0.118. The quantitative estimate of drug-likeness (QED) is 0.511. The van der Waals surface area contributed by atoms with Gasteiger partial charge in [-0.1, -0.05) is 6.08 Å². The minimum atomic E-state index is -0.687. The molecule has 0 aliphatic carbocycles. The molecular weight excluding hydrogens is 104 g/mol. The first-order valence-corrected chi connectivity index (χ1v) is 2.54. The average molecular weight is 115 g/mol. The Morgan fingerprint density at radius 3 is 2.62 bits per heavy atom. The van der Waals surface area contributed by atoms with Crippen LogP contribution in [0.25, 0.3) is 0 Å². The smallest absolute Gasteiger partial charge is 0.0805 e. The third kappa shape index (κ3) is 3.84. The van der Waals surface area contributed by atoms with E-state index in [2.05, 4.69) is 6.58 Å². The van der Waals surface area contributed by atoms with E-state index in [1.54, 1.807) is 12.5 Å². The van der Waals surface area contributed by atoms with Crippen molar-refractivity contribution in [2.45, 2.75) is 12.5 Å². The monoisotopic (exact) mass is 115 g/mol. The fourth-order valence-corrected chi connectivity index (χ4v) is 0.328. The number of aliphatic hydroxyl groups is 2. The molecule has 2 heteroatoms. The molecule has 2 nitrogen and oxygen atoms in total. The maximum Gasteiger partial charge on any atom is 0.0805 e. The maximum absolute atomic E-state index is 8.64. The first-order valence-electron chi connectivity index (χ1n) is 2.54. The molecular formula is C6H11O2. The highest BCUT2D eigenvalue weighted by molar-refractivity contribution is 4.83. The largest absolute Gasteiger partial charge is 0.394 e. The van der Waals surface area contributed by atoms with Crippen LogP contribution >= 0.6 is 0 Å². The Labute approximate surface area is 49.5 Å². The third-order valence-corrected chi connectivity index (χ3v) is 0.762. The van der Waals surface area contributed by atoms with E-state index in [1.165, 1.54) is 0 Å². The van der Waals surface area contributed by atoms with Crippen molar-refractivity contribution in [1.29, 1.82) is 0 Å². The molecule has 0 aromatic heterocycles. The van der Waals surface area contributed by atoms with Gasteiger partial charge >= 0.3 is 0 Å². The van der Waals surface area contributed by atoms with Crippen LogP contribution in [0.3, 0.4) is 0 Å². The van der Waals surface area contributed by atoms with Gasteiger partial charge in [-0.25, -0.2) is 0 Å². The number of allylic oxidation sites excluding steroid dienone is 1. The molecule has 8 heavy (non-hydrogen) atoms. The SMILES string of the molecule is C=CC[CH]C(O)CO. The molecule has 47 valence electrons. The first kappa shape index (κ1) is 7.66. The Kier molecular flexibility index (Phi) is 4.61. The number of hydrogen-bond donors (Lipinski definition) is 2. The van der Waals surface area contributed by atoms with Crippen LogP contribution in [0.4, 0.5) is 0 Å². The lowest BCUT2D eigenvalue weighted by atomic mass is 10.2. The number of aliphatic hydroxyl groups excluding tert-OH is 2. The summed E-state index contributed by atoms with van der Waals surface area (Å²) in [6, 6.07) is 0. The molecule has 0 bridgehead atoms. The van der Waals surface area contributed by atoms with Crippen LogP contribution in [-0.4, -0.2) is 22.9 Å². The van der Waals surface area contributed by atoms with Gasteiger partial charge in [0.2, 0.25) is 0 Å². The zero-order valence-corrected chi connectivity index (χ0v) is 4.75. The van der Waals surface area contributed by atoms with Gasteiger partial charge in [0.05, 0.1) is 12.7 Å². The van der Waals surface area contributed by atoms with Crippen LogP contribution in [-0.2, 0) is 0 Å². The molecule has 0 saturated heterocycles. The van der Waals surface area contributed by atoms with Gasteiger partial charge < -0.3 is 10.2 Å². The van der Waals surface area contributed by atoms with Gasteiger partial charge in [-0.15, -0.1) is 6.58 Å². The topological polar surface area (TPSA) is 40.5 Å². The highest BCUT2D eigenvalue weighted by Gasteiger charge is 1.97. The highest BCUT2D eigenvalue weighted by atomic mass is 16.3. The minimum Gasteiger partial charge on any atom is -0.394 e. The Morgan fingerprint density at radius 1 is 1.62 bits per heavy atom. The summed E-state index contributed by atoms with van der Waals surface area (Å²) in [6.45, 7) is 3.24. The van der Waals surface area contributed by atoms with Gasteiger partial charge in [-0.3, -0.25) is 0 Å². The first-order chi connectivity index (χ1) is 3.81. The van der Waals surface area contributed by atoms with Gasteiger partial charge in [0.1, 0.15) is 0 Å². The summed E-state index contributed by atoms with van der Waals surface area (Å²) < 4.78 is 0. The fraction of sp³-hybridized carbons (Fsp3) is 0.500. The van der Waals surface area contributed by atoms with Crippen LogP contribution in [0.15, 0.2) is 12.7 Å². The summed E-state index contributed by atoms with van der Waals surface area (Å²) in [5.41, 5.74) is 0. The molecule has 0 aliphatic rings. The van der Waals surface area contributed by atoms with Crippen LogP contribution in [0, 0.1) is 6.42 Å². The summed E-state index contributed by atoms with van der Waals surface area (Å²) in [5.74, 6) is 0. The van der Waals surface area contributed by atoms with Crippen molar-refractivity contribution in [2.24, 2.45) is 0 Å². The van der Waals surface area contributed by atoms with Gasteiger partial charge in [0.25, 0.3) is 0 Å². The predicted octanol–water partition coefficient (Wildman–Crippen LogP) is 0.120. The van der Waals surface area contributed by atoms with Crippen LogP contribution in [0.5, 0.6) is 0 Å². The summed E-state index contributed by atoms with van der Waals surface area (Å²) in [5, 5.41) is 16.9. The normalized spacial score (nSPS) is 13.2. The molecule has 2 N–H and O–H groups in total. The fourth-order valence-electron chi connectivity index (χ4n) is 0.328. The molecule has 0 heterocycles. The van der Waals surface area contributed by atoms with Gasteiger partial charge in [0.15, 0.2) is 0 Å². The summed E-state index contributed by atoms with van der Waals surface area (Å²) in [7, 11) is 0. The lowest BCUT2D eigenvalue weighted by Crippen LogP contribution is -2.11. The van der Waals surface area contributed by atoms with Crippen molar-refractivity contribution >= 4 is 0 Å². The van der Waals surface area contributed by atoms with Crippen LogP contribution < -0.4 is 0 Å². The zero-order chi connectivity index (χ0) is 6.41. The van der Waals surface area contributed by atoms with Crippen LogP contribution in [0.2, 0.25) is 0 Å². The summed E-state index contributed by atoms with van der Waals surface area (Å²) in [4.78, 5) is 0. The van der Waals surface area contributed by atoms with E-state index in [-0.39, 0.29) is 6.61 Å². The summed E-state index contributed by atoms with van der Waals surface area (Å²) in [6.07, 6.45) is 3.21. The van der Waals surface area contributed by atoms with E-state index in [4.69, 9.17) is 10.2 Å². The third-order valence-electron chi connectivity index (χ3n) is 0.762. The molecule has 1 unspecified atom stereocenters. The predicted molar refractivity (Wildman–Crippen MR) is 32.2 cm³/mol. The van der Waals surface area contributed by atoms with E-state index in [1.807, 2.05) is 0 Å².